The predicted octanol–water partition coefficient (Wildman–Crippen LogP) is 3.87. The zero-order valence-corrected chi connectivity index (χ0v) is 14.3. The average Bonchev–Trinajstić information content (AvgIpc) is 3.23. The Balaban J connectivity index is 1.82. The molecule has 3 rings (SSSR count). The number of aryl methyl sites for hydroxylation is 1. The van der Waals surface area contributed by atoms with Gasteiger partial charge < -0.3 is 15.0 Å². The number of carboxylic acids is 1. The summed E-state index contributed by atoms with van der Waals surface area (Å²) in [5, 5.41) is 13.8. The maximum Gasteiger partial charge on any atom is 0.303 e. The van der Waals surface area contributed by atoms with Gasteiger partial charge in [0, 0.05) is 11.4 Å². The second-order valence-electron chi connectivity index (χ2n) is 5.58. The van der Waals surface area contributed by atoms with Gasteiger partial charge in [-0.25, -0.2) is 0 Å². The molecule has 2 aromatic heterocycles. The van der Waals surface area contributed by atoms with Gasteiger partial charge in [0.15, 0.2) is 0 Å². The van der Waals surface area contributed by atoms with Crippen LogP contribution < -0.4 is 5.32 Å². The van der Waals surface area contributed by atoms with Crippen molar-refractivity contribution in [3.63, 3.8) is 0 Å². The number of hydrogen-bond acceptors (Lipinski definition) is 3. The van der Waals surface area contributed by atoms with Crippen molar-refractivity contribution < 1.29 is 14.7 Å². The number of nitrogens with one attached hydrogen (secondary N) is 1. The van der Waals surface area contributed by atoms with Gasteiger partial charge in [0.05, 0.1) is 17.0 Å². The molecule has 0 aliphatic carbocycles. The number of carboxylic acid groups (broad SMARTS) is 1. The molecule has 2 heterocycles. The van der Waals surface area contributed by atoms with Crippen molar-refractivity contribution in [1.82, 2.24) is 4.57 Å². The van der Waals surface area contributed by atoms with E-state index in [1.54, 1.807) is 11.3 Å². The number of para-hydroxylation sites is 1. The molecular weight excluding hydrogens is 336 g/mol. The van der Waals surface area contributed by atoms with E-state index in [9.17, 15) is 9.59 Å². The van der Waals surface area contributed by atoms with Gasteiger partial charge in [-0.15, -0.1) is 11.3 Å². The minimum Gasteiger partial charge on any atom is -0.481 e. The molecule has 0 aliphatic rings. The molecule has 6 heteroatoms. The lowest BCUT2D eigenvalue weighted by molar-refractivity contribution is -0.137. The highest BCUT2D eigenvalue weighted by atomic mass is 32.1. The van der Waals surface area contributed by atoms with Crippen LogP contribution in [0.3, 0.4) is 0 Å². The van der Waals surface area contributed by atoms with Crippen LogP contribution in [0.25, 0.3) is 10.6 Å². The third kappa shape index (κ3) is 4.36. The number of benzene rings is 1. The van der Waals surface area contributed by atoms with E-state index in [1.807, 2.05) is 64.5 Å². The zero-order valence-electron chi connectivity index (χ0n) is 13.5. The van der Waals surface area contributed by atoms with Gasteiger partial charge in [-0.1, -0.05) is 24.3 Å². The summed E-state index contributed by atoms with van der Waals surface area (Å²) in [6.07, 6.45) is 0.424. The number of thiophene rings is 1. The first-order chi connectivity index (χ1) is 12.1. The summed E-state index contributed by atoms with van der Waals surface area (Å²) < 4.78 is 1.90. The van der Waals surface area contributed by atoms with Crippen molar-refractivity contribution in [2.24, 2.45) is 0 Å². The monoisotopic (exact) mass is 354 g/mol. The van der Waals surface area contributed by atoms with E-state index in [1.165, 1.54) is 0 Å². The summed E-state index contributed by atoms with van der Waals surface area (Å²) in [6.45, 7) is 0.143. The highest BCUT2D eigenvalue weighted by Crippen LogP contribution is 2.27. The lowest BCUT2D eigenvalue weighted by atomic mass is 10.2. The van der Waals surface area contributed by atoms with Gasteiger partial charge in [0.1, 0.15) is 6.54 Å². The fourth-order valence-electron chi connectivity index (χ4n) is 2.65. The molecule has 1 aromatic carbocycles. The molecule has 0 atom stereocenters. The van der Waals surface area contributed by atoms with E-state index in [0.29, 0.717) is 6.42 Å². The molecule has 0 unspecified atom stereocenters. The normalized spacial score (nSPS) is 10.6. The molecule has 0 fully saturated rings. The van der Waals surface area contributed by atoms with Crippen molar-refractivity contribution in [1.29, 1.82) is 0 Å². The van der Waals surface area contributed by atoms with Crippen LogP contribution in [0, 0.1) is 0 Å². The molecular formula is C19H18N2O3S. The number of amides is 1. The maximum atomic E-state index is 12.4. The summed E-state index contributed by atoms with van der Waals surface area (Å²) in [5.41, 5.74) is 2.51. The Kier molecular flexibility index (Phi) is 5.30. The van der Waals surface area contributed by atoms with Crippen LogP contribution in [-0.4, -0.2) is 21.6 Å². The molecule has 0 bridgehead atoms. The van der Waals surface area contributed by atoms with Crippen molar-refractivity contribution in [3.05, 3.63) is 65.7 Å². The molecule has 25 heavy (non-hydrogen) atoms. The lowest BCUT2D eigenvalue weighted by Crippen LogP contribution is -2.20. The van der Waals surface area contributed by atoms with E-state index in [-0.39, 0.29) is 18.9 Å². The van der Waals surface area contributed by atoms with Crippen LogP contribution >= 0.6 is 11.3 Å². The highest BCUT2D eigenvalue weighted by molar-refractivity contribution is 7.13. The van der Waals surface area contributed by atoms with Crippen molar-refractivity contribution in [2.75, 3.05) is 5.32 Å². The molecule has 5 nitrogen and oxygen atoms in total. The van der Waals surface area contributed by atoms with Gasteiger partial charge in [-0.3, -0.25) is 9.59 Å². The Morgan fingerprint density at radius 1 is 1.04 bits per heavy atom. The van der Waals surface area contributed by atoms with Crippen LogP contribution in [0.15, 0.2) is 60.0 Å². The Bertz CT molecular complexity index is 854. The molecule has 1 amide bonds. The van der Waals surface area contributed by atoms with Crippen LogP contribution in [0.1, 0.15) is 12.1 Å². The largest absolute Gasteiger partial charge is 0.481 e. The SMILES string of the molecule is O=C(O)CCc1ccc(-c2cccs2)n1CC(=O)Nc1ccccc1. The van der Waals surface area contributed by atoms with Crippen molar-refractivity contribution in [3.8, 4) is 10.6 Å². The molecule has 2 N–H and O–H groups in total. The number of carbonyl (C=O) groups excluding carboxylic acids is 1. The number of nitrogens with zero attached hydrogens (tertiary/aromatic N) is 1. The first-order valence-corrected chi connectivity index (χ1v) is 8.80. The van der Waals surface area contributed by atoms with E-state index in [2.05, 4.69) is 5.32 Å². The number of aromatic nitrogens is 1. The second-order valence-corrected chi connectivity index (χ2v) is 6.53. The zero-order chi connectivity index (χ0) is 17.6. The Morgan fingerprint density at radius 2 is 1.84 bits per heavy atom. The van der Waals surface area contributed by atoms with Crippen LogP contribution in [0.4, 0.5) is 5.69 Å². The summed E-state index contributed by atoms with van der Waals surface area (Å²) >= 11 is 1.59. The molecule has 3 aromatic rings. The summed E-state index contributed by atoms with van der Waals surface area (Å²) in [5.74, 6) is -0.990. The first-order valence-electron chi connectivity index (χ1n) is 7.92. The highest BCUT2D eigenvalue weighted by Gasteiger charge is 2.15. The topological polar surface area (TPSA) is 71.3 Å². The fraction of sp³-hybridized carbons (Fsp3) is 0.158. The van der Waals surface area contributed by atoms with Gasteiger partial charge >= 0.3 is 5.97 Å². The van der Waals surface area contributed by atoms with Crippen LogP contribution in [-0.2, 0) is 22.6 Å². The number of carbonyl (C=O) groups is 2. The Hall–Kier alpha value is -2.86. The minimum absolute atomic E-state index is 0.0359. The van der Waals surface area contributed by atoms with E-state index in [4.69, 9.17) is 5.11 Å². The Labute approximate surface area is 149 Å². The lowest BCUT2D eigenvalue weighted by Gasteiger charge is -2.13. The van der Waals surface area contributed by atoms with E-state index in [0.717, 1.165) is 22.0 Å². The van der Waals surface area contributed by atoms with Crippen molar-refractivity contribution >= 4 is 28.9 Å². The summed E-state index contributed by atoms with van der Waals surface area (Å²) in [4.78, 5) is 24.4. The standard InChI is InChI=1S/C19H18N2O3S/c22-18(20-14-5-2-1-3-6-14)13-21-15(9-11-19(23)24)8-10-16(21)17-7-4-12-25-17/h1-8,10,12H,9,11,13H2,(H,20,22)(H,23,24). The van der Waals surface area contributed by atoms with Crippen LogP contribution in [0.2, 0.25) is 0 Å². The maximum absolute atomic E-state index is 12.4. The second kappa shape index (κ2) is 7.81. The number of hydrogen-bond donors (Lipinski definition) is 2. The van der Waals surface area contributed by atoms with Crippen LogP contribution in [0.5, 0.6) is 0 Å². The molecule has 0 saturated carbocycles. The van der Waals surface area contributed by atoms with Gasteiger partial charge in [0.2, 0.25) is 5.91 Å². The minimum atomic E-state index is -0.848. The third-order valence-electron chi connectivity index (χ3n) is 3.80. The van der Waals surface area contributed by atoms with E-state index >= 15 is 0 Å². The molecule has 0 radical (unpaired) electrons. The first kappa shape index (κ1) is 17.0. The molecule has 0 aliphatic heterocycles. The van der Waals surface area contributed by atoms with Crippen molar-refractivity contribution in [2.45, 2.75) is 19.4 Å². The average molecular weight is 354 g/mol. The predicted molar refractivity (Wildman–Crippen MR) is 98.8 cm³/mol. The number of anilines is 1. The smallest absolute Gasteiger partial charge is 0.303 e. The number of aliphatic carboxylic acids is 1. The molecule has 0 saturated heterocycles. The Morgan fingerprint density at radius 3 is 2.52 bits per heavy atom. The molecule has 128 valence electrons. The van der Waals surface area contributed by atoms with E-state index < -0.39 is 5.97 Å². The quantitative estimate of drug-likeness (QED) is 0.676. The summed E-state index contributed by atoms with van der Waals surface area (Å²) in [6, 6.07) is 17.1. The van der Waals surface area contributed by atoms with Gasteiger partial charge in [-0.2, -0.15) is 0 Å². The molecule has 0 spiro atoms. The van der Waals surface area contributed by atoms with Gasteiger partial charge in [-0.05, 0) is 42.1 Å². The van der Waals surface area contributed by atoms with Gasteiger partial charge in [0.25, 0.3) is 0 Å². The fourth-order valence-corrected chi connectivity index (χ4v) is 3.41. The third-order valence-corrected chi connectivity index (χ3v) is 4.69. The summed E-state index contributed by atoms with van der Waals surface area (Å²) in [7, 11) is 0. The number of rotatable bonds is 7.